The molecule has 8 heteroatoms. The molecule has 0 bridgehead atoms. The van der Waals surface area contributed by atoms with Crippen LogP contribution >= 0.6 is 24.0 Å². The molecule has 1 aliphatic heterocycles. The van der Waals surface area contributed by atoms with Gasteiger partial charge in [0.05, 0.1) is 5.75 Å². The fourth-order valence-electron chi connectivity index (χ4n) is 1.74. The summed E-state index contributed by atoms with van der Waals surface area (Å²) in [7, 11) is -3.36. The van der Waals surface area contributed by atoms with Crippen LogP contribution in [-0.4, -0.2) is 36.7 Å². The lowest BCUT2D eigenvalue weighted by atomic mass is 10.3. The molecule has 0 radical (unpaired) electrons. The molecule has 2 rings (SSSR count). The van der Waals surface area contributed by atoms with Crippen molar-refractivity contribution in [3.8, 4) is 0 Å². The van der Waals surface area contributed by atoms with Gasteiger partial charge in [-0.05, 0) is 37.1 Å². The summed E-state index contributed by atoms with van der Waals surface area (Å²) < 4.78 is 23.9. The molecule has 0 amide bonds. The lowest BCUT2D eigenvalue weighted by molar-refractivity contribution is 0.573. The van der Waals surface area contributed by atoms with Gasteiger partial charge in [-0.25, -0.2) is 18.4 Å². The fraction of sp³-hybridized carbons (Fsp3) is 0.556. The normalized spacial score (nSPS) is 19.9. The number of halogens is 2. The van der Waals surface area contributed by atoms with Crippen molar-refractivity contribution in [2.75, 3.05) is 12.3 Å². The van der Waals surface area contributed by atoms with Gasteiger partial charge in [0, 0.05) is 12.2 Å². The molecule has 1 fully saturated rings. The van der Waals surface area contributed by atoms with E-state index >= 15 is 0 Å². The molecule has 1 atom stereocenters. The zero-order valence-electron chi connectivity index (χ0n) is 8.97. The summed E-state index contributed by atoms with van der Waals surface area (Å²) >= 11 is 5.57. The number of hydrogen-bond acceptors (Lipinski definition) is 5. The smallest absolute Gasteiger partial charge is 0.223 e. The van der Waals surface area contributed by atoms with Gasteiger partial charge in [-0.3, -0.25) is 0 Å². The minimum Gasteiger partial charge on any atom is -0.313 e. The minimum atomic E-state index is -3.36. The largest absolute Gasteiger partial charge is 0.313 e. The highest BCUT2D eigenvalue weighted by Crippen LogP contribution is 2.14. The predicted octanol–water partition coefficient (Wildman–Crippen LogP) is 1.08. The van der Waals surface area contributed by atoms with Crippen molar-refractivity contribution in [2.45, 2.75) is 23.9 Å². The average Bonchev–Trinajstić information content (AvgIpc) is 2.70. The van der Waals surface area contributed by atoms with Crippen molar-refractivity contribution in [2.24, 2.45) is 0 Å². The molecule has 1 aromatic heterocycles. The molecule has 0 saturated carbocycles. The van der Waals surface area contributed by atoms with E-state index in [2.05, 4.69) is 15.3 Å². The van der Waals surface area contributed by atoms with E-state index in [1.165, 1.54) is 12.3 Å². The molecule has 0 aromatic carbocycles. The van der Waals surface area contributed by atoms with Gasteiger partial charge in [-0.2, -0.15) is 0 Å². The second-order valence-corrected chi connectivity index (χ2v) is 6.06. The monoisotopic (exact) mass is 297 g/mol. The van der Waals surface area contributed by atoms with Crippen molar-refractivity contribution in [1.82, 2.24) is 15.3 Å². The third kappa shape index (κ3) is 3.77. The Morgan fingerprint density at radius 2 is 2.29 bits per heavy atom. The number of nitrogens with zero attached hydrogens (tertiary/aromatic N) is 2. The quantitative estimate of drug-likeness (QED) is 0.668. The lowest BCUT2D eigenvalue weighted by Gasteiger charge is -2.09. The molecule has 5 nitrogen and oxygen atoms in total. The summed E-state index contributed by atoms with van der Waals surface area (Å²) in [4.78, 5) is 7.38. The maximum Gasteiger partial charge on any atom is 0.223 e. The van der Waals surface area contributed by atoms with Crippen LogP contribution in [0.1, 0.15) is 12.8 Å². The van der Waals surface area contributed by atoms with Crippen LogP contribution in [0.15, 0.2) is 17.3 Å². The van der Waals surface area contributed by atoms with E-state index in [0.29, 0.717) is 0 Å². The summed E-state index contributed by atoms with van der Waals surface area (Å²) in [6.07, 6.45) is 3.26. The zero-order chi connectivity index (χ0) is 11.6. The Morgan fingerprint density at radius 1 is 1.53 bits per heavy atom. The predicted molar refractivity (Wildman–Crippen MR) is 67.4 cm³/mol. The SMILES string of the molecule is Cl.O=S(=O)(CC1CCCN1)c1ccnc(Cl)n1. The molecule has 1 unspecified atom stereocenters. The maximum atomic E-state index is 12.0. The van der Waals surface area contributed by atoms with Gasteiger partial charge in [-0.1, -0.05) is 0 Å². The Bertz CT molecular complexity index is 475. The maximum absolute atomic E-state index is 12.0. The first kappa shape index (κ1) is 14.6. The van der Waals surface area contributed by atoms with E-state index in [1.54, 1.807) is 0 Å². The zero-order valence-corrected chi connectivity index (χ0v) is 11.4. The van der Waals surface area contributed by atoms with E-state index in [9.17, 15) is 8.42 Å². The van der Waals surface area contributed by atoms with Crippen LogP contribution < -0.4 is 5.32 Å². The molecule has 1 N–H and O–H groups in total. The van der Waals surface area contributed by atoms with Gasteiger partial charge in [0.1, 0.15) is 0 Å². The number of sulfone groups is 1. The first-order valence-corrected chi connectivity index (χ1v) is 7.06. The Hall–Kier alpha value is -0.430. The Labute approximate surface area is 111 Å². The van der Waals surface area contributed by atoms with Crippen molar-refractivity contribution >= 4 is 33.8 Å². The standard InChI is InChI=1S/C9H12ClN3O2S.ClH/c10-9-12-5-3-8(13-9)16(14,15)6-7-2-1-4-11-7;/h3,5,7,11H,1-2,4,6H2;1H. The molecule has 1 aliphatic rings. The van der Waals surface area contributed by atoms with Crippen LogP contribution in [0.25, 0.3) is 0 Å². The highest BCUT2D eigenvalue weighted by atomic mass is 35.5. The summed E-state index contributed by atoms with van der Waals surface area (Å²) in [5, 5.41) is 3.10. The average molecular weight is 298 g/mol. The van der Waals surface area contributed by atoms with E-state index in [0.717, 1.165) is 19.4 Å². The third-order valence-electron chi connectivity index (χ3n) is 2.50. The second-order valence-electron chi connectivity index (χ2n) is 3.74. The van der Waals surface area contributed by atoms with Crippen molar-refractivity contribution in [3.63, 3.8) is 0 Å². The molecule has 0 aliphatic carbocycles. The Balaban J connectivity index is 0.00000144. The molecule has 17 heavy (non-hydrogen) atoms. The van der Waals surface area contributed by atoms with E-state index in [4.69, 9.17) is 11.6 Å². The molecular weight excluding hydrogens is 285 g/mol. The third-order valence-corrected chi connectivity index (χ3v) is 4.39. The van der Waals surface area contributed by atoms with Crippen molar-refractivity contribution in [1.29, 1.82) is 0 Å². The molecule has 1 saturated heterocycles. The van der Waals surface area contributed by atoms with E-state index in [1.807, 2.05) is 0 Å². The Kier molecular flexibility index (Phi) is 5.12. The Morgan fingerprint density at radius 3 is 2.88 bits per heavy atom. The van der Waals surface area contributed by atoms with Crippen LogP contribution in [-0.2, 0) is 9.84 Å². The van der Waals surface area contributed by atoms with Crippen LogP contribution in [0.3, 0.4) is 0 Å². The molecule has 1 aromatic rings. The van der Waals surface area contributed by atoms with Gasteiger partial charge < -0.3 is 5.32 Å². The van der Waals surface area contributed by atoms with Crippen LogP contribution in [0, 0.1) is 0 Å². The van der Waals surface area contributed by atoms with Crippen LogP contribution in [0.2, 0.25) is 5.28 Å². The highest BCUT2D eigenvalue weighted by Gasteiger charge is 2.24. The summed E-state index contributed by atoms with van der Waals surface area (Å²) in [6.45, 7) is 0.880. The number of hydrogen-bond donors (Lipinski definition) is 1. The number of rotatable bonds is 3. The first-order chi connectivity index (χ1) is 7.58. The fourth-order valence-corrected chi connectivity index (χ4v) is 3.42. The summed E-state index contributed by atoms with van der Waals surface area (Å²) in [6, 6.07) is 1.40. The summed E-state index contributed by atoms with van der Waals surface area (Å²) in [5.41, 5.74) is 0. The first-order valence-electron chi connectivity index (χ1n) is 5.02. The molecule has 2 heterocycles. The van der Waals surface area contributed by atoms with Crippen LogP contribution in [0.5, 0.6) is 0 Å². The molecule has 96 valence electrons. The van der Waals surface area contributed by atoms with Gasteiger partial charge in [0.25, 0.3) is 0 Å². The van der Waals surface area contributed by atoms with Crippen molar-refractivity contribution < 1.29 is 8.42 Å². The second kappa shape index (κ2) is 5.95. The summed E-state index contributed by atoms with van der Waals surface area (Å²) in [5.74, 6) is 0.0698. The number of nitrogens with one attached hydrogen (secondary N) is 1. The molecular formula is C9H13Cl2N3O2S. The van der Waals surface area contributed by atoms with Gasteiger partial charge in [-0.15, -0.1) is 12.4 Å². The van der Waals surface area contributed by atoms with Gasteiger partial charge >= 0.3 is 0 Å². The van der Waals surface area contributed by atoms with Crippen LogP contribution in [0.4, 0.5) is 0 Å². The molecule has 0 spiro atoms. The highest BCUT2D eigenvalue weighted by molar-refractivity contribution is 7.91. The lowest BCUT2D eigenvalue weighted by Crippen LogP contribution is -2.30. The van der Waals surface area contributed by atoms with Gasteiger partial charge in [0.2, 0.25) is 5.28 Å². The van der Waals surface area contributed by atoms with E-state index < -0.39 is 9.84 Å². The minimum absolute atomic E-state index is 0. The topological polar surface area (TPSA) is 72.0 Å². The van der Waals surface area contributed by atoms with E-state index in [-0.39, 0.29) is 34.5 Å². The van der Waals surface area contributed by atoms with Crippen molar-refractivity contribution in [3.05, 3.63) is 17.5 Å². The van der Waals surface area contributed by atoms with Gasteiger partial charge in [0.15, 0.2) is 14.9 Å². The number of aromatic nitrogens is 2.